The maximum absolute atomic E-state index is 13.9. The number of nitrogens with one attached hydrogen (secondary N) is 1. The average molecular weight is 491 g/mol. The molecular weight excluding hydrogens is 456 g/mol. The van der Waals surface area contributed by atoms with Crippen LogP contribution in [-0.2, 0) is 24.6 Å². The van der Waals surface area contributed by atoms with Gasteiger partial charge in [0.05, 0.1) is 12.5 Å². The molecule has 3 aromatic rings. The van der Waals surface area contributed by atoms with Crippen LogP contribution in [0, 0.1) is 0 Å². The first-order valence-electron chi connectivity index (χ1n) is 11.5. The van der Waals surface area contributed by atoms with Gasteiger partial charge in [-0.05, 0) is 37.5 Å². The molecule has 7 nitrogen and oxygen atoms in total. The van der Waals surface area contributed by atoms with Gasteiger partial charge in [-0.1, -0.05) is 91.0 Å². The molecule has 0 spiro atoms. The number of hydrogen-bond acceptors (Lipinski definition) is 5. The van der Waals surface area contributed by atoms with E-state index in [9.17, 15) is 9.59 Å². The van der Waals surface area contributed by atoms with Gasteiger partial charge >= 0.3 is 6.09 Å². The third kappa shape index (κ3) is 6.37. The normalized spacial score (nSPS) is 11.9. The van der Waals surface area contributed by atoms with Gasteiger partial charge in [-0.3, -0.25) is 9.63 Å². The fourth-order valence-electron chi connectivity index (χ4n) is 4.16. The second-order valence-corrected chi connectivity index (χ2v) is 9.00. The minimum Gasteiger partial charge on any atom is -0.444 e. The van der Waals surface area contributed by atoms with Crippen molar-refractivity contribution in [2.75, 3.05) is 14.2 Å². The maximum atomic E-state index is 13.9. The van der Waals surface area contributed by atoms with Crippen LogP contribution in [0.2, 0.25) is 0 Å². The predicted molar refractivity (Wildman–Crippen MR) is 139 cm³/mol. The molecule has 0 aromatic heterocycles. The van der Waals surface area contributed by atoms with Crippen LogP contribution in [0.3, 0.4) is 0 Å². The Kier molecular flexibility index (Phi) is 9.93. The number of hydrogen-bond donors (Lipinski definition) is 1. The van der Waals surface area contributed by atoms with E-state index in [-0.39, 0.29) is 0 Å². The van der Waals surface area contributed by atoms with Crippen LogP contribution in [0.1, 0.15) is 37.5 Å². The molecule has 3 aromatic carbocycles. The summed E-state index contributed by atoms with van der Waals surface area (Å²) >= 11 is 0. The average Bonchev–Trinajstić information content (AvgIpc) is 2.89. The largest absolute Gasteiger partial charge is 0.444 e. The van der Waals surface area contributed by atoms with E-state index in [0.29, 0.717) is 0 Å². The number of benzene rings is 3. The highest BCUT2D eigenvalue weighted by molar-refractivity contribution is 5.89. The van der Waals surface area contributed by atoms with Gasteiger partial charge in [0, 0.05) is 7.05 Å². The second-order valence-electron chi connectivity index (χ2n) is 9.00. The van der Waals surface area contributed by atoms with Gasteiger partial charge in [-0.2, -0.15) is 0 Å². The molecule has 7 heteroatoms. The van der Waals surface area contributed by atoms with E-state index < -0.39 is 29.1 Å². The molecule has 36 heavy (non-hydrogen) atoms. The zero-order chi connectivity index (χ0) is 26.8. The van der Waals surface area contributed by atoms with Gasteiger partial charge in [0.25, 0.3) is 5.91 Å². The molecule has 2 amide bonds. The Balaban J connectivity index is 0.00000222. The topological polar surface area (TPSA) is 84.9 Å². The lowest BCUT2D eigenvalue weighted by molar-refractivity contribution is -0.172. The lowest BCUT2D eigenvalue weighted by Gasteiger charge is -2.42. The van der Waals surface area contributed by atoms with Crippen molar-refractivity contribution < 1.29 is 24.0 Å². The van der Waals surface area contributed by atoms with Crippen molar-refractivity contribution >= 4 is 18.8 Å². The predicted octanol–water partition coefficient (Wildman–Crippen LogP) is 4.75. The van der Waals surface area contributed by atoms with E-state index in [0.717, 1.165) is 21.8 Å². The quantitative estimate of drug-likeness (QED) is 0.382. The zero-order valence-corrected chi connectivity index (χ0v) is 21.4. The van der Waals surface area contributed by atoms with Crippen molar-refractivity contribution in [1.29, 1.82) is 0 Å². The lowest BCUT2D eigenvalue weighted by Crippen LogP contribution is -2.60. The highest BCUT2D eigenvalue weighted by Gasteiger charge is 2.49. The highest BCUT2D eigenvalue weighted by atomic mass is 16.7. The Morgan fingerprint density at radius 3 is 1.44 bits per heavy atom. The van der Waals surface area contributed by atoms with E-state index in [4.69, 9.17) is 14.4 Å². The molecule has 0 aliphatic rings. The van der Waals surface area contributed by atoms with E-state index >= 15 is 0 Å². The van der Waals surface area contributed by atoms with Crippen LogP contribution in [0.25, 0.3) is 0 Å². The van der Waals surface area contributed by atoms with Crippen molar-refractivity contribution in [2.24, 2.45) is 0 Å². The summed E-state index contributed by atoms with van der Waals surface area (Å²) in [5.41, 5.74) is 0.702. The Morgan fingerprint density at radius 2 is 1.14 bits per heavy atom. The van der Waals surface area contributed by atoms with Crippen LogP contribution >= 0.6 is 0 Å². The fourth-order valence-corrected chi connectivity index (χ4v) is 4.16. The molecule has 0 saturated heterocycles. The molecule has 0 aliphatic heterocycles. The zero-order valence-electron chi connectivity index (χ0n) is 21.4. The molecule has 0 heterocycles. The summed E-state index contributed by atoms with van der Waals surface area (Å²) in [7, 11) is 2.94. The van der Waals surface area contributed by atoms with Crippen LogP contribution in [0.15, 0.2) is 91.0 Å². The molecule has 190 valence electrons. The lowest BCUT2D eigenvalue weighted by atomic mass is 9.64. The Labute approximate surface area is 213 Å². The number of amides is 2. The van der Waals surface area contributed by atoms with Gasteiger partial charge in [0.15, 0.2) is 0 Å². The summed E-state index contributed by atoms with van der Waals surface area (Å²) < 4.78 is 5.57. The van der Waals surface area contributed by atoms with Gasteiger partial charge in [-0.25, -0.2) is 9.86 Å². The van der Waals surface area contributed by atoms with Crippen LogP contribution < -0.4 is 5.32 Å². The van der Waals surface area contributed by atoms with Crippen molar-refractivity contribution in [3.8, 4) is 0 Å². The summed E-state index contributed by atoms with van der Waals surface area (Å²) in [5, 5.41) is 4.02. The number of likely N-dealkylation sites (N-methyl/N-ethyl adjacent to an activating group) is 1. The van der Waals surface area contributed by atoms with Crippen LogP contribution in [-0.4, -0.2) is 49.7 Å². The van der Waals surface area contributed by atoms with Gasteiger partial charge < -0.3 is 14.8 Å². The maximum Gasteiger partial charge on any atom is 0.408 e. The molecular formula is C29H34N2O5. The smallest absolute Gasteiger partial charge is 0.408 e. The Morgan fingerprint density at radius 1 is 0.778 bits per heavy atom. The minimum absolute atomic E-state index is 0.426. The molecule has 0 saturated carbocycles. The molecule has 1 unspecified atom stereocenters. The van der Waals surface area contributed by atoms with Crippen molar-refractivity contribution in [1.82, 2.24) is 10.4 Å². The SMILES string of the molecule is C=O.CON(C)C(=O)C(NC(=O)OC(C)(C)C)C(c1ccccc1)(c1ccccc1)c1ccccc1. The van der Waals surface area contributed by atoms with Gasteiger partial charge in [0.2, 0.25) is 0 Å². The second kappa shape index (κ2) is 12.7. The first-order valence-corrected chi connectivity index (χ1v) is 11.5. The number of nitrogens with zero attached hydrogens (tertiary/aromatic N) is 1. The number of hydroxylamine groups is 2. The molecule has 0 radical (unpaired) electrons. The molecule has 3 rings (SSSR count). The summed E-state index contributed by atoms with van der Waals surface area (Å²) in [4.78, 5) is 40.2. The van der Waals surface area contributed by atoms with E-state index in [1.165, 1.54) is 14.2 Å². The monoisotopic (exact) mass is 490 g/mol. The minimum atomic E-state index is -1.08. The number of alkyl carbamates (subject to hydrolysis) is 1. The third-order valence-electron chi connectivity index (χ3n) is 5.61. The van der Waals surface area contributed by atoms with E-state index in [2.05, 4.69) is 5.32 Å². The summed E-state index contributed by atoms with van der Waals surface area (Å²) in [6.07, 6.45) is -0.692. The van der Waals surface area contributed by atoms with Crippen molar-refractivity contribution in [3.05, 3.63) is 108 Å². The molecule has 0 bridgehead atoms. The molecule has 1 atom stereocenters. The first-order chi connectivity index (χ1) is 17.2. The van der Waals surface area contributed by atoms with Gasteiger partial charge in [-0.15, -0.1) is 0 Å². The first kappa shape index (κ1) is 28.3. The third-order valence-corrected chi connectivity index (χ3v) is 5.61. The number of carbonyl (C=O) groups excluding carboxylic acids is 3. The van der Waals surface area contributed by atoms with Crippen LogP contribution in [0.4, 0.5) is 4.79 Å². The van der Waals surface area contributed by atoms with Gasteiger partial charge in [0.1, 0.15) is 18.4 Å². The number of ether oxygens (including phenoxy) is 1. The van der Waals surface area contributed by atoms with Crippen molar-refractivity contribution in [2.45, 2.75) is 37.8 Å². The van der Waals surface area contributed by atoms with E-state index in [1.807, 2.05) is 97.8 Å². The standard InChI is InChI=1S/C28H32N2O4.CH2O/c1-27(2,3)34-26(32)29-24(25(31)30(4)33-5)28(21-15-9-6-10-16-21,22-17-11-7-12-18-22)23-19-13-8-14-20-23;1-2/h6-20,24H,1-5H3,(H,29,32);1H2. The fraction of sp³-hybridized carbons (Fsp3) is 0.276. The summed E-state index contributed by atoms with van der Waals surface area (Å²) in [6, 6.07) is 28.0. The molecule has 0 aliphatic carbocycles. The van der Waals surface area contributed by atoms with Crippen LogP contribution in [0.5, 0.6) is 0 Å². The number of rotatable bonds is 7. The number of carbonyl (C=O) groups is 3. The Bertz CT molecular complexity index is 1000. The molecule has 0 fully saturated rings. The van der Waals surface area contributed by atoms with Crippen molar-refractivity contribution in [3.63, 3.8) is 0 Å². The highest BCUT2D eigenvalue weighted by Crippen LogP contribution is 2.43. The Hall–Kier alpha value is -3.97. The van der Waals surface area contributed by atoms with E-state index in [1.54, 1.807) is 20.8 Å². The summed E-state index contributed by atoms with van der Waals surface area (Å²) in [6.45, 7) is 7.34. The molecule has 1 N–H and O–H groups in total. The summed E-state index contributed by atoms with van der Waals surface area (Å²) in [5.74, 6) is -0.426.